The van der Waals surface area contributed by atoms with Crippen LogP contribution in [0.3, 0.4) is 0 Å². The predicted molar refractivity (Wildman–Crippen MR) is 145 cm³/mol. The van der Waals surface area contributed by atoms with Crippen LogP contribution in [0.15, 0.2) is 30.5 Å². The summed E-state index contributed by atoms with van der Waals surface area (Å²) < 4.78 is 7.85. The lowest BCUT2D eigenvalue weighted by atomic mass is 9.46. The van der Waals surface area contributed by atoms with Gasteiger partial charge < -0.3 is 4.74 Å². The molecule has 5 atom stereocenters. The van der Waals surface area contributed by atoms with Gasteiger partial charge in [-0.25, -0.2) is 0 Å². The average Bonchev–Trinajstić information content (AvgIpc) is 3.32. The van der Waals surface area contributed by atoms with Gasteiger partial charge in [0.25, 0.3) is 0 Å². The van der Waals surface area contributed by atoms with Gasteiger partial charge in [-0.05, 0) is 74.5 Å². The third kappa shape index (κ3) is 5.50. The number of ether oxygens (including phenoxy) is 1. The number of aromatic nitrogens is 3. The monoisotopic (exact) mass is 495 g/mol. The summed E-state index contributed by atoms with van der Waals surface area (Å²) >= 11 is 0. The van der Waals surface area contributed by atoms with E-state index in [1.165, 1.54) is 51.4 Å². The van der Waals surface area contributed by atoms with E-state index in [1.807, 2.05) is 10.9 Å². The summed E-state index contributed by atoms with van der Waals surface area (Å²) in [5, 5.41) is 8.53. The molecule has 3 aliphatic rings. The van der Waals surface area contributed by atoms with Gasteiger partial charge in [-0.15, -0.1) is 11.7 Å². The van der Waals surface area contributed by atoms with Crippen molar-refractivity contribution in [3.8, 4) is 0 Å². The molecule has 36 heavy (non-hydrogen) atoms. The maximum absolute atomic E-state index is 13.6. The van der Waals surface area contributed by atoms with Crippen molar-refractivity contribution in [2.24, 2.45) is 28.1 Å². The molecule has 1 aromatic rings. The molecule has 0 N–H and O–H groups in total. The molecule has 0 bridgehead atoms. The fraction of sp³-hybridized carbons (Fsp3) is 0.774. The normalized spacial score (nSPS) is 33.8. The highest BCUT2D eigenvalue weighted by Gasteiger charge is 2.58. The van der Waals surface area contributed by atoms with E-state index in [-0.39, 0.29) is 23.4 Å². The summed E-state index contributed by atoms with van der Waals surface area (Å²) in [6.45, 7) is 14.4. The third-order valence-electron chi connectivity index (χ3n) is 9.97. The Balaban J connectivity index is 1.35. The molecular weight excluding hydrogens is 446 g/mol. The summed E-state index contributed by atoms with van der Waals surface area (Å²) in [5.41, 5.74) is 2.23. The van der Waals surface area contributed by atoms with Crippen LogP contribution in [0, 0.1) is 28.1 Å². The maximum atomic E-state index is 13.6. The van der Waals surface area contributed by atoms with Gasteiger partial charge >= 0.3 is 5.97 Å². The van der Waals surface area contributed by atoms with Gasteiger partial charge in [0.15, 0.2) is 0 Å². The molecule has 4 rings (SSSR count). The topological polar surface area (TPSA) is 57.0 Å². The second-order valence-electron chi connectivity index (χ2n) is 12.8. The Hall–Kier alpha value is -1.91. The summed E-state index contributed by atoms with van der Waals surface area (Å²) in [6, 6.07) is 0. The second-order valence-corrected chi connectivity index (χ2v) is 12.8. The molecule has 0 spiro atoms. The highest BCUT2D eigenvalue weighted by Crippen LogP contribution is 2.64. The first kappa shape index (κ1) is 27.1. The molecular formula is C31H49N3O2. The zero-order valence-electron chi connectivity index (χ0n) is 23.4. The fourth-order valence-electron chi connectivity index (χ4n) is 7.73. The molecule has 5 heteroatoms. The predicted octanol–water partition coefficient (Wildman–Crippen LogP) is 7.82. The van der Waals surface area contributed by atoms with Crippen molar-refractivity contribution in [1.29, 1.82) is 0 Å². The zero-order chi connectivity index (χ0) is 25.8. The van der Waals surface area contributed by atoms with E-state index < -0.39 is 5.41 Å². The molecule has 2 fully saturated rings. The van der Waals surface area contributed by atoms with E-state index in [2.05, 4.69) is 56.7 Å². The third-order valence-corrected chi connectivity index (χ3v) is 9.97. The zero-order valence-corrected chi connectivity index (χ0v) is 23.4. The molecule has 0 saturated heterocycles. The van der Waals surface area contributed by atoms with Crippen LogP contribution in [0.1, 0.15) is 117 Å². The number of hydrogen-bond donors (Lipinski definition) is 0. The SMILES string of the molecule is C=C[C@@]1(C)CC=C2[C@@H](CC[C@@H]3[C@](C)(C(=O)OCc4cn(CCCCCCCC)nn4)CCC[C@@]23C)C1. The lowest BCUT2D eigenvalue weighted by Gasteiger charge is -2.58. The molecule has 1 aromatic heterocycles. The van der Waals surface area contributed by atoms with Crippen molar-refractivity contribution < 1.29 is 9.53 Å². The quantitative estimate of drug-likeness (QED) is 0.178. The molecule has 0 radical (unpaired) electrons. The van der Waals surface area contributed by atoms with Crippen LogP contribution >= 0.6 is 0 Å². The number of aryl methyl sites for hydroxylation is 1. The lowest BCUT2D eigenvalue weighted by molar-refractivity contribution is -0.169. The van der Waals surface area contributed by atoms with Gasteiger partial charge in [0.1, 0.15) is 12.3 Å². The van der Waals surface area contributed by atoms with Gasteiger partial charge in [-0.1, -0.05) is 82.2 Å². The van der Waals surface area contributed by atoms with Crippen molar-refractivity contribution in [1.82, 2.24) is 15.0 Å². The number of allylic oxidation sites excluding steroid dienone is 3. The van der Waals surface area contributed by atoms with E-state index in [0.717, 1.165) is 44.3 Å². The summed E-state index contributed by atoms with van der Waals surface area (Å²) in [4.78, 5) is 13.6. The molecule has 5 nitrogen and oxygen atoms in total. The Labute approximate surface area is 219 Å². The van der Waals surface area contributed by atoms with Crippen LogP contribution < -0.4 is 0 Å². The van der Waals surface area contributed by atoms with Crippen LogP contribution in [0.5, 0.6) is 0 Å². The van der Waals surface area contributed by atoms with E-state index >= 15 is 0 Å². The van der Waals surface area contributed by atoms with E-state index in [4.69, 9.17) is 4.74 Å². The first-order valence-corrected chi connectivity index (χ1v) is 14.6. The van der Waals surface area contributed by atoms with Gasteiger partial charge in [0.2, 0.25) is 0 Å². The minimum absolute atomic E-state index is 0.0466. The number of nitrogens with zero attached hydrogens (tertiary/aromatic N) is 3. The molecule has 0 amide bonds. The van der Waals surface area contributed by atoms with E-state index in [1.54, 1.807) is 5.57 Å². The highest BCUT2D eigenvalue weighted by molar-refractivity contribution is 5.77. The second kappa shape index (κ2) is 11.2. The molecule has 0 aromatic carbocycles. The van der Waals surface area contributed by atoms with Crippen molar-refractivity contribution in [3.63, 3.8) is 0 Å². The Morgan fingerprint density at radius 2 is 1.94 bits per heavy atom. The van der Waals surface area contributed by atoms with Gasteiger partial charge in [0.05, 0.1) is 11.6 Å². The average molecular weight is 496 g/mol. The smallest absolute Gasteiger partial charge is 0.312 e. The largest absolute Gasteiger partial charge is 0.459 e. The number of rotatable bonds is 11. The molecule has 1 heterocycles. The van der Waals surface area contributed by atoms with Gasteiger partial charge in [-0.2, -0.15) is 0 Å². The number of esters is 1. The van der Waals surface area contributed by atoms with Crippen LogP contribution in [0.25, 0.3) is 0 Å². The molecule has 0 aliphatic heterocycles. The Bertz CT molecular complexity index is 951. The van der Waals surface area contributed by atoms with Crippen molar-refractivity contribution >= 4 is 5.97 Å². The Kier molecular flexibility index (Phi) is 8.46. The molecule has 200 valence electrons. The molecule has 2 saturated carbocycles. The number of unbranched alkanes of at least 4 members (excludes halogenated alkanes) is 5. The Morgan fingerprint density at radius 3 is 2.72 bits per heavy atom. The first-order valence-electron chi connectivity index (χ1n) is 14.6. The van der Waals surface area contributed by atoms with Gasteiger partial charge in [-0.3, -0.25) is 9.48 Å². The number of hydrogen-bond acceptors (Lipinski definition) is 4. The van der Waals surface area contributed by atoms with Crippen LogP contribution in [-0.4, -0.2) is 21.0 Å². The van der Waals surface area contributed by atoms with Crippen LogP contribution in [0.4, 0.5) is 0 Å². The first-order chi connectivity index (χ1) is 17.2. The number of fused-ring (bicyclic) bond motifs is 3. The van der Waals surface area contributed by atoms with Crippen LogP contribution in [0.2, 0.25) is 0 Å². The Morgan fingerprint density at radius 1 is 1.17 bits per heavy atom. The van der Waals surface area contributed by atoms with E-state index in [0.29, 0.717) is 11.8 Å². The summed E-state index contributed by atoms with van der Waals surface area (Å²) in [5.74, 6) is 0.919. The molecule has 3 aliphatic carbocycles. The lowest BCUT2D eigenvalue weighted by Crippen LogP contribution is -2.53. The standard InChI is InChI=1S/C31H49N3O2/c1-6-8-9-10-11-12-20-34-22-25(32-33-34)23-36-28(35)31(5)18-13-17-30(4)26-16-19-29(3,7-2)21-24(26)14-15-27(30)31/h7,16,22,24,27H,2,6,8-15,17-21,23H2,1,3-5H3/t24-,27-,29-,30-,31+/m0/s1. The highest BCUT2D eigenvalue weighted by atomic mass is 16.5. The van der Waals surface area contributed by atoms with Crippen LogP contribution in [-0.2, 0) is 22.7 Å². The van der Waals surface area contributed by atoms with Gasteiger partial charge in [0, 0.05) is 6.54 Å². The minimum atomic E-state index is -0.438. The van der Waals surface area contributed by atoms with Crippen molar-refractivity contribution in [2.45, 2.75) is 124 Å². The molecule has 0 unspecified atom stereocenters. The van der Waals surface area contributed by atoms with Crippen molar-refractivity contribution in [3.05, 3.63) is 36.2 Å². The van der Waals surface area contributed by atoms with Crippen molar-refractivity contribution in [2.75, 3.05) is 0 Å². The maximum Gasteiger partial charge on any atom is 0.312 e. The van der Waals surface area contributed by atoms with E-state index in [9.17, 15) is 4.79 Å². The summed E-state index contributed by atoms with van der Waals surface area (Å²) in [6.07, 6.45) is 21.9. The fourth-order valence-corrected chi connectivity index (χ4v) is 7.73. The number of carbonyl (C=O) groups excluding carboxylic acids is 1. The summed E-state index contributed by atoms with van der Waals surface area (Å²) in [7, 11) is 0. The number of carbonyl (C=O) groups is 1. The minimum Gasteiger partial charge on any atom is -0.459 e.